The molecule has 2 rings (SSSR count). The summed E-state index contributed by atoms with van der Waals surface area (Å²) >= 11 is 0. The predicted molar refractivity (Wildman–Crippen MR) is 65.9 cm³/mol. The number of carbonyl (C=O) groups is 1. The molecule has 0 radical (unpaired) electrons. The number of rotatable bonds is 6. The SMILES string of the molecule is CN(C(=O)CNCCN1CCOCC1)C1CC1. The maximum Gasteiger partial charge on any atom is 0.236 e. The Morgan fingerprint density at radius 2 is 2.12 bits per heavy atom. The van der Waals surface area contributed by atoms with Crippen molar-refractivity contribution in [1.82, 2.24) is 15.1 Å². The number of ether oxygens (including phenoxy) is 1. The molecule has 0 aromatic rings. The molecule has 0 atom stereocenters. The van der Waals surface area contributed by atoms with Crippen molar-refractivity contribution in [2.45, 2.75) is 18.9 Å². The van der Waals surface area contributed by atoms with Crippen molar-refractivity contribution in [1.29, 1.82) is 0 Å². The van der Waals surface area contributed by atoms with Crippen LogP contribution in [0.3, 0.4) is 0 Å². The molecule has 0 aromatic heterocycles. The Hall–Kier alpha value is -0.650. The molecule has 5 nitrogen and oxygen atoms in total. The Bertz CT molecular complexity index is 250. The van der Waals surface area contributed by atoms with Gasteiger partial charge in [0.15, 0.2) is 0 Å². The second kappa shape index (κ2) is 6.33. The minimum Gasteiger partial charge on any atom is -0.379 e. The fourth-order valence-electron chi connectivity index (χ4n) is 2.05. The van der Waals surface area contributed by atoms with Gasteiger partial charge >= 0.3 is 0 Å². The van der Waals surface area contributed by atoms with Gasteiger partial charge in [-0.05, 0) is 12.8 Å². The van der Waals surface area contributed by atoms with E-state index in [-0.39, 0.29) is 5.91 Å². The van der Waals surface area contributed by atoms with Crippen LogP contribution in [0, 0.1) is 0 Å². The second-order valence-electron chi connectivity index (χ2n) is 4.87. The summed E-state index contributed by atoms with van der Waals surface area (Å²) in [5.41, 5.74) is 0. The van der Waals surface area contributed by atoms with Gasteiger partial charge in [0.05, 0.1) is 19.8 Å². The first kappa shape index (κ1) is 12.8. The molecule has 0 spiro atoms. The summed E-state index contributed by atoms with van der Waals surface area (Å²) in [5.74, 6) is 0.217. The van der Waals surface area contributed by atoms with E-state index in [1.54, 1.807) is 0 Å². The molecular formula is C12H23N3O2. The van der Waals surface area contributed by atoms with Gasteiger partial charge in [0, 0.05) is 39.3 Å². The lowest BCUT2D eigenvalue weighted by atomic mass is 10.4. The van der Waals surface area contributed by atoms with Gasteiger partial charge in [-0.1, -0.05) is 0 Å². The quantitative estimate of drug-likeness (QED) is 0.639. The number of nitrogens with one attached hydrogen (secondary N) is 1. The van der Waals surface area contributed by atoms with E-state index in [9.17, 15) is 4.79 Å². The van der Waals surface area contributed by atoms with Crippen LogP contribution in [0.4, 0.5) is 0 Å². The van der Waals surface area contributed by atoms with E-state index in [1.165, 1.54) is 12.8 Å². The predicted octanol–water partition coefficient (Wildman–Crippen LogP) is -0.471. The Morgan fingerprint density at radius 1 is 1.41 bits per heavy atom. The first-order valence-corrected chi connectivity index (χ1v) is 6.54. The topological polar surface area (TPSA) is 44.8 Å². The van der Waals surface area contributed by atoms with E-state index < -0.39 is 0 Å². The van der Waals surface area contributed by atoms with Gasteiger partial charge in [-0.3, -0.25) is 9.69 Å². The van der Waals surface area contributed by atoms with Crippen molar-refractivity contribution < 1.29 is 9.53 Å². The molecule has 1 aliphatic carbocycles. The average Bonchev–Trinajstić information content (AvgIpc) is 3.19. The molecule has 5 heteroatoms. The maximum atomic E-state index is 11.7. The van der Waals surface area contributed by atoms with Crippen LogP contribution >= 0.6 is 0 Å². The number of nitrogens with zero attached hydrogens (tertiary/aromatic N) is 2. The average molecular weight is 241 g/mol. The maximum absolute atomic E-state index is 11.7. The molecular weight excluding hydrogens is 218 g/mol. The summed E-state index contributed by atoms with van der Waals surface area (Å²) in [6.45, 7) is 6.05. The van der Waals surface area contributed by atoms with Crippen molar-refractivity contribution in [3.63, 3.8) is 0 Å². The van der Waals surface area contributed by atoms with Gasteiger partial charge in [0.2, 0.25) is 5.91 Å². The monoisotopic (exact) mass is 241 g/mol. The molecule has 2 aliphatic rings. The largest absolute Gasteiger partial charge is 0.379 e. The van der Waals surface area contributed by atoms with Gasteiger partial charge < -0.3 is 15.0 Å². The zero-order chi connectivity index (χ0) is 12.1. The molecule has 1 N–H and O–H groups in total. The fourth-order valence-corrected chi connectivity index (χ4v) is 2.05. The summed E-state index contributed by atoms with van der Waals surface area (Å²) < 4.78 is 5.29. The standard InChI is InChI=1S/C12H23N3O2/c1-14(11-2-3-11)12(16)10-13-4-5-15-6-8-17-9-7-15/h11,13H,2-10H2,1H3. The lowest BCUT2D eigenvalue weighted by molar-refractivity contribution is -0.129. The van der Waals surface area contributed by atoms with Gasteiger partial charge in [-0.25, -0.2) is 0 Å². The summed E-state index contributed by atoms with van der Waals surface area (Å²) in [6.07, 6.45) is 2.35. The Kier molecular flexibility index (Phi) is 4.76. The molecule has 0 bridgehead atoms. The summed E-state index contributed by atoms with van der Waals surface area (Å²) in [7, 11) is 1.91. The van der Waals surface area contributed by atoms with Crippen LogP contribution in [0.25, 0.3) is 0 Å². The number of carbonyl (C=O) groups excluding carboxylic acids is 1. The van der Waals surface area contributed by atoms with Crippen LogP contribution in [-0.2, 0) is 9.53 Å². The lowest BCUT2D eigenvalue weighted by Crippen LogP contribution is -2.42. The van der Waals surface area contributed by atoms with Crippen LogP contribution in [0.1, 0.15) is 12.8 Å². The minimum atomic E-state index is 0.217. The van der Waals surface area contributed by atoms with Crippen LogP contribution in [0.5, 0.6) is 0 Å². The highest BCUT2D eigenvalue weighted by Crippen LogP contribution is 2.24. The zero-order valence-corrected chi connectivity index (χ0v) is 10.7. The van der Waals surface area contributed by atoms with Crippen molar-refractivity contribution in [2.75, 3.05) is 53.0 Å². The van der Waals surface area contributed by atoms with E-state index in [0.29, 0.717) is 12.6 Å². The highest BCUT2D eigenvalue weighted by molar-refractivity contribution is 5.78. The van der Waals surface area contributed by atoms with E-state index in [1.807, 2.05) is 11.9 Å². The highest BCUT2D eigenvalue weighted by atomic mass is 16.5. The summed E-state index contributed by atoms with van der Waals surface area (Å²) in [6, 6.07) is 0.517. The fraction of sp³-hybridized carbons (Fsp3) is 0.917. The van der Waals surface area contributed by atoms with Gasteiger partial charge in [-0.2, -0.15) is 0 Å². The van der Waals surface area contributed by atoms with Gasteiger partial charge in [0.25, 0.3) is 0 Å². The molecule has 1 saturated heterocycles. The first-order valence-electron chi connectivity index (χ1n) is 6.54. The zero-order valence-electron chi connectivity index (χ0n) is 10.7. The van der Waals surface area contributed by atoms with Gasteiger partial charge in [-0.15, -0.1) is 0 Å². The lowest BCUT2D eigenvalue weighted by Gasteiger charge is -2.26. The van der Waals surface area contributed by atoms with Crippen LogP contribution in [0.2, 0.25) is 0 Å². The van der Waals surface area contributed by atoms with E-state index in [2.05, 4.69) is 10.2 Å². The number of morpholine rings is 1. The number of amides is 1. The Balaban J connectivity index is 1.51. The molecule has 17 heavy (non-hydrogen) atoms. The number of hydrogen-bond acceptors (Lipinski definition) is 4. The molecule has 2 fully saturated rings. The molecule has 1 saturated carbocycles. The first-order chi connectivity index (χ1) is 8.27. The Morgan fingerprint density at radius 3 is 2.76 bits per heavy atom. The van der Waals surface area contributed by atoms with E-state index in [4.69, 9.17) is 4.74 Å². The molecule has 0 aromatic carbocycles. The number of hydrogen-bond donors (Lipinski definition) is 1. The number of likely N-dealkylation sites (N-methyl/N-ethyl adjacent to an activating group) is 1. The normalized spacial score (nSPS) is 21.5. The molecule has 1 aliphatic heterocycles. The molecule has 1 heterocycles. The van der Waals surface area contributed by atoms with E-state index >= 15 is 0 Å². The highest BCUT2D eigenvalue weighted by Gasteiger charge is 2.28. The molecule has 0 unspecified atom stereocenters. The minimum absolute atomic E-state index is 0.217. The second-order valence-corrected chi connectivity index (χ2v) is 4.87. The van der Waals surface area contributed by atoms with Crippen LogP contribution in [-0.4, -0.2) is 74.7 Å². The van der Waals surface area contributed by atoms with E-state index in [0.717, 1.165) is 39.4 Å². The molecule has 1 amide bonds. The van der Waals surface area contributed by atoms with Crippen LogP contribution in [0.15, 0.2) is 0 Å². The molecule has 98 valence electrons. The van der Waals surface area contributed by atoms with Crippen molar-refractivity contribution in [3.8, 4) is 0 Å². The van der Waals surface area contributed by atoms with Crippen molar-refractivity contribution >= 4 is 5.91 Å². The van der Waals surface area contributed by atoms with Crippen molar-refractivity contribution in [3.05, 3.63) is 0 Å². The van der Waals surface area contributed by atoms with Crippen LogP contribution < -0.4 is 5.32 Å². The third-order valence-electron chi connectivity index (χ3n) is 3.47. The Labute approximate surface area is 103 Å². The summed E-state index contributed by atoms with van der Waals surface area (Å²) in [5, 5.41) is 3.22. The summed E-state index contributed by atoms with van der Waals surface area (Å²) in [4.78, 5) is 15.9. The smallest absolute Gasteiger partial charge is 0.236 e. The third-order valence-corrected chi connectivity index (χ3v) is 3.47. The van der Waals surface area contributed by atoms with Crippen molar-refractivity contribution in [2.24, 2.45) is 0 Å². The van der Waals surface area contributed by atoms with Gasteiger partial charge in [0.1, 0.15) is 0 Å². The third kappa shape index (κ3) is 4.26.